The highest BCUT2D eigenvalue weighted by Gasteiger charge is 2.33. The van der Waals surface area contributed by atoms with Crippen molar-refractivity contribution in [3.8, 4) is 0 Å². The Hall–Kier alpha value is -1.60. The molecular formula is C12H19N3O3S. The molecule has 0 saturated heterocycles. The number of nitrogens with one attached hydrogen (secondary N) is 1. The predicted octanol–water partition coefficient (Wildman–Crippen LogP) is 1.19. The van der Waals surface area contributed by atoms with E-state index in [1.807, 2.05) is 6.92 Å². The van der Waals surface area contributed by atoms with Crippen LogP contribution in [-0.2, 0) is 10.0 Å². The maximum absolute atomic E-state index is 12.2. The Bertz CT molecular complexity index is 566. The molecule has 0 radical (unpaired) electrons. The number of hydrogen-bond acceptors (Lipinski definition) is 4. The second kappa shape index (κ2) is 5.58. The average molecular weight is 285 g/mol. The van der Waals surface area contributed by atoms with E-state index in [-0.39, 0.29) is 10.7 Å². The third-order valence-electron chi connectivity index (χ3n) is 3.07. The van der Waals surface area contributed by atoms with Gasteiger partial charge in [-0.2, -0.15) is 4.72 Å². The van der Waals surface area contributed by atoms with E-state index < -0.39 is 15.6 Å². The van der Waals surface area contributed by atoms with Crippen LogP contribution in [0.2, 0.25) is 0 Å². The minimum absolute atomic E-state index is 0.142. The summed E-state index contributed by atoms with van der Waals surface area (Å²) in [7, 11) is -3.72. The highest BCUT2D eigenvalue weighted by molar-refractivity contribution is 7.89. The smallest absolute Gasteiger partial charge is 0.241 e. The van der Waals surface area contributed by atoms with Gasteiger partial charge in [-0.15, -0.1) is 0 Å². The van der Waals surface area contributed by atoms with Crippen molar-refractivity contribution in [1.82, 2.24) is 4.72 Å². The Morgan fingerprint density at radius 2 is 1.95 bits per heavy atom. The van der Waals surface area contributed by atoms with Crippen LogP contribution >= 0.6 is 0 Å². The molecule has 0 aromatic heterocycles. The largest absolute Gasteiger partial charge is 0.409 e. The number of nitrogens with zero attached hydrogens (tertiary/aromatic N) is 1. The van der Waals surface area contributed by atoms with Crippen LogP contribution in [0.5, 0.6) is 0 Å². The first-order chi connectivity index (χ1) is 8.75. The Balaban J connectivity index is 3.12. The van der Waals surface area contributed by atoms with E-state index in [4.69, 9.17) is 10.9 Å². The van der Waals surface area contributed by atoms with Crippen LogP contribution in [0.1, 0.15) is 25.8 Å². The first kappa shape index (κ1) is 15.5. The molecule has 0 saturated carbocycles. The summed E-state index contributed by atoms with van der Waals surface area (Å²) < 4.78 is 26.9. The SMILES string of the molecule is CCC(C)(NS(=O)(=O)c1ccc(C)cc1)/C(N)=N/O. The molecule has 0 heterocycles. The summed E-state index contributed by atoms with van der Waals surface area (Å²) in [6, 6.07) is 6.45. The Morgan fingerprint density at radius 3 is 2.37 bits per heavy atom. The summed E-state index contributed by atoms with van der Waals surface area (Å²) in [6.07, 6.45) is 0.355. The number of oxime groups is 1. The highest BCUT2D eigenvalue weighted by Crippen LogP contribution is 2.16. The maximum atomic E-state index is 12.2. The van der Waals surface area contributed by atoms with Gasteiger partial charge in [-0.1, -0.05) is 29.8 Å². The molecule has 1 unspecified atom stereocenters. The second-order valence-corrected chi connectivity index (χ2v) is 6.27. The summed E-state index contributed by atoms with van der Waals surface area (Å²) >= 11 is 0. The number of rotatable bonds is 5. The molecule has 1 atom stereocenters. The van der Waals surface area contributed by atoms with Crippen molar-refractivity contribution in [2.75, 3.05) is 0 Å². The molecule has 6 nitrogen and oxygen atoms in total. The molecule has 0 aliphatic carbocycles. The van der Waals surface area contributed by atoms with Gasteiger partial charge in [0.1, 0.15) is 0 Å². The number of amidine groups is 1. The van der Waals surface area contributed by atoms with Crippen LogP contribution in [0.4, 0.5) is 0 Å². The minimum Gasteiger partial charge on any atom is -0.409 e. The van der Waals surface area contributed by atoms with Gasteiger partial charge in [0.15, 0.2) is 5.84 Å². The van der Waals surface area contributed by atoms with Gasteiger partial charge < -0.3 is 10.9 Å². The van der Waals surface area contributed by atoms with Gasteiger partial charge in [0.25, 0.3) is 0 Å². The van der Waals surface area contributed by atoms with Crippen LogP contribution in [0.15, 0.2) is 34.3 Å². The standard InChI is InChI=1S/C12H19N3O3S/c1-4-12(3,11(13)14-16)15-19(17,18)10-7-5-9(2)6-8-10/h5-8,15-16H,4H2,1-3H3,(H2,13,14). The second-order valence-electron chi connectivity index (χ2n) is 4.59. The van der Waals surface area contributed by atoms with Crippen LogP contribution in [-0.4, -0.2) is 25.0 Å². The van der Waals surface area contributed by atoms with Crippen molar-refractivity contribution in [3.05, 3.63) is 29.8 Å². The van der Waals surface area contributed by atoms with Crippen molar-refractivity contribution in [1.29, 1.82) is 0 Å². The number of aryl methyl sites for hydroxylation is 1. The van der Waals surface area contributed by atoms with Gasteiger partial charge in [0.05, 0.1) is 10.4 Å². The molecule has 1 rings (SSSR count). The molecule has 0 aliphatic heterocycles. The van der Waals surface area contributed by atoms with Gasteiger partial charge in [-0.25, -0.2) is 8.42 Å². The average Bonchev–Trinajstić information content (AvgIpc) is 2.37. The normalized spacial score (nSPS) is 16.1. The topological polar surface area (TPSA) is 105 Å². The first-order valence-electron chi connectivity index (χ1n) is 5.84. The van der Waals surface area contributed by atoms with E-state index in [0.29, 0.717) is 6.42 Å². The van der Waals surface area contributed by atoms with Crippen molar-refractivity contribution < 1.29 is 13.6 Å². The van der Waals surface area contributed by atoms with E-state index in [9.17, 15) is 8.42 Å². The molecule has 0 bridgehead atoms. The molecule has 0 aliphatic rings. The molecule has 0 spiro atoms. The van der Waals surface area contributed by atoms with E-state index in [2.05, 4.69) is 9.88 Å². The summed E-state index contributed by atoms with van der Waals surface area (Å²) in [5.74, 6) is -0.175. The van der Waals surface area contributed by atoms with Crippen molar-refractivity contribution in [2.24, 2.45) is 10.9 Å². The molecule has 1 aromatic rings. The molecule has 7 heteroatoms. The quantitative estimate of drug-likeness (QED) is 0.327. The molecule has 1 aromatic carbocycles. The third kappa shape index (κ3) is 3.45. The lowest BCUT2D eigenvalue weighted by Gasteiger charge is -2.27. The number of benzene rings is 1. The minimum atomic E-state index is -3.72. The Kier molecular flexibility index (Phi) is 4.54. The van der Waals surface area contributed by atoms with Crippen molar-refractivity contribution >= 4 is 15.9 Å². The Morgan fingerprint density at radius 1 is 1.42 bits per heavy atom. The van der Waals surface area contributed by atoms with Crippen molar-refractivity contribution in [3.63, 3.8) is 0 Å². The molecule has 0 fully saturated rings. The molecule has 106 valence electrons. The third-order valence-corrected chi connectivity index (χ3v) is 4.68. The zero-order chi connectivity index (χ0) is 14.7. The molecule has 19 heavy (non-hydrogen) atoms. The fourth-order valence-electron chi connectivity index (χ4n) is 1.49. The van der Waals surface area contributed by atoms with Gasteiger partial charge >= 0.3 is 0 Å². The van der Waals surface area contributed by atoms with Gasteiger partial charge in [0, 0.05) is 0 Å². The Labute approximate surface area is 113 Å². The predicted molar refractivity (Wildman–Crippen MR) is 73.6 cm³/mol. The summed E-state index contributed by atoms with van der Waals surface area (Å²) in [5, 5.41) is 11.6. The van der Waals surface area contributed by atoms with Gasteiger partial charge in [0.2, 0.25) is 10.0 Å². The van der Waals surface area contributed by atoms with E-state index in [0.717, 1.165) is 5.56 Å². The van der Waals surface area contributed by atoms with Gasteiger partial charge in [-0.3, -0.25) is 0 Å². The molecule has 0 amide bonds. The van der Waals surface area contributed by atoms with Gasteiger partial charge in [-0.05, 0) is 32.4 Å². The number of sulfonamides is 1. The monoisotopic (exact) mass is 285 g/mol. The number of nitrogens with two attached hydrogens (primary N) is 1. The fourth-order valence-corrected chi connectivity index (χ4v) is 2.94. The van der Waals surface area contributed by atoms with Crippen LogP contribution in [0.3, 0.4) is 0 Å². The van der Waals surface area contributed by atoms with Crippen LogP contribution in [0, 0.1) is 6.92 Å². The van der Waals surface area contributed by atoms with E-state index >= 15 is 0 Å². The molecule has 4 N–H and O–H groups in total. The maximum Gasteiger partial charge on any atom is 0.241 e. The summed E-state index contributed by atoms with van der Waals surface area (Å²) in [4.78, 5) is 0.142. The van der Waals surface area contributed by atoms with Crippen molar-refractivity contribution in [2.45, 2.75) is 37.6 Å². The number of hydrogen-bond donors (Lipinski definition) is 3. The molecular weight excluding hydrogens is 266 g/mol. The lowest BCUT2D eigenvalue weighted by atomic mass is 10.00. The lowest BCUT2D eigenvalue weighted by molar-refractivity contribution is 0.310. The zero-order valence-electron chi connectivity index (χ0n) is 11.2. The first-order valence-corrected chi connectivity index (χ1v) is 7.32. The lowest BCUT2D eigenvalue weighted by Crippen LogP contribution is -2.54. The highest BCUT2D eigenvalue weighted by atomic mass is 32.2. The summed E-state index contributed by atoms with van der Waals surface area (Å²) in [5.41, 5.74) is 5.38. The van der Waals surface area contributed by atoms with Crippen LogP contribution < -0.4 is 10.5 Å². The van der Waals surface area contributed by atoms with E-state index in [1.165, 1.54) is 12.1 Å². The van der Waals surface area contributed by atoms with Crippen LogP contribution in [0.25, 0.3) is 0 Å². The zero-order valence-corrected chi connectivity index (χ0v) is 12.0. The summed E-state index contributed by atoms with van der Waals surface area (Å²) in [6.45, 7) is 5.18. The van der Waals surface area contributed by atoms with E-state index in [1.54, 1.807) is 26.0 Å². The fraction of sp³-hybridized carbons (Fsp3) is 0.417.